The lowest BCUT2D eigenvalue weighted by Crippen LogP contribution is -2.35. The molecule has 8 heteroatoms. The Bertz CT molecular complexity index is 1210. The van der Waals surface area contributed by atoms with Gasteiger partial charge in [0.2, 0.25) is 0 Å². The van der Waals surface area contributed by atoms with Crippen LogP contribution in [0.25, 0.3) is 0 Å². The van der Waals surface area contributed by atoms with E-state index in [1.165, 1.54) is 29.8 Å². The molecule has 0 spiro atoms. The first-order valence-corrected chi connectivity index (χ1v) is 11.2. The van der Waals surface area contributed by atoms with Gasteiger partial charge < -0.3 is 10.6 Å². The zero-order chi connectivity index (χ0) is 23.4. The Hall–Kier alpha value is -3.52. The van der Waals surface area contributed by atoms with Crippen molar-refractivity contribution in [3.8, 4) is 0 Å². The van der Waals surface area contributed by atoms with Crippen LogP contribution in [0.15, 0.2) is 88.7 Å². The molecule has 0 saturated carbocycles. The molecule has 33 heavy (non-hydrogen) atoms. The number of hydrogen-bond donors (Lipinski definition) is 2. The second-order valence-corrected chi connectivity index (χ2v) is 8.55. The second kappa shape index (κ2) is 9.95. The van der Waals surface area contributed by atoms with Gasteiger partial charge in [-0.15, -0.1) is 0 Å². The number of aromatic nitrogens is 2. The van der Waals surface area contributed by atoms with Crippen molar-refractivity contribution in [1.82, 2.24) is 15.1 Å². The Labute approximate surface area is 199 Å². The first kappa shape index (κ1) is 22.7. The fourth-order valence-electron chi connectivity index (χ4n) is 3.82. The number of benzene rings is 2. The molecule has 1 aromatic heterocycles. The predicted octanol–water partition coefficient (Wildman–Crippen LogP) is 5.25. The minimum Gasteiger partial charge on any atom is -0.308 e. The summed E-state index contributed by atoms with van der Waals surface area (Å²) in [6.45, 7) is 0. The number of anilines is 1. The normalized spacial score (nSPS) is 15.6. The Morgan fingerprint density at radius 2 is 1.79 bits per heavy atom. The molecule has 0 bridgehead atoms. The molecule has 3 aromatic rings. The van der Waals surface area contributed by atoms with Crippen LogP contribution in [0.4, 0.5) is 14.9 Å². The van der Waals surface area contributed by atoms with Crippen molar-refractivity contribution in [3.63, 3.8) is 0 Å². The maximum absolute atomic E-state index is 13.5. The zero-order valence-electron chi connectivity index (χ0n) is 17.9. The average molecular weight is 509 g/mol. The highest BCUT2D eigenvalue weighted by molar-refractivity contribution is 9.10. The summed E-state index contributed by atoms with van der Waals surface area (Å²) < 4.78 is 15.5. The van der Waals surface area contributed by atoms with Crippen LogP contribution >= 0.6 is 15.9 Å². The predicted molar refractivity (Wildman–Crippen MR) is 128 cm³/mol. The highest BCUT2D eigenvalue weighted by Crippen LogP contribution is 2.37. The number of carbonyl (C=O) groups is 2. The molecule has 1 heterocycles. The summed E-state index contributed by atoms with van der Waals surface area (Å²) in [6, 6.07) is 14.9. The lowest BCUT2D eigenvalue weighted by Gasteiger charge is -2.25. The molecule has 0 fully saturated rings. The van der Waals surface area contributed by atoms with Crippen molar-refractivity contribution in [3.05, 3.63) is 106 Å². The Morgan fingerprint density at radius 3 is 2.45 bits per heavy atom. The summed E-state index contributed by atoms with van der Waals surface area (Å²) in [4.78, 5) is 26.0. The van der Waals surface area contributed by atoms with Crippen LogP contribution in [0.3, 0.4) is 0 Å². The average Bonchev–Trinajstić information content (AvgIpc) is 3.14. The first-order valence-electron chi connectivity index (χ1n) is 10.4. The number of allylic oxidation sites excluding steroid dienone is 4. The van der Waals surface area contributed by atoms with Crippen LogP contribution in [0.2, 0.25) is 0 Å². The van der Waals surface area contributed by atoms with Gasteiger partial charge in [0.1, 0.15) is 5.82 Å². The molecule has 0 radical (unpaired) electrons. The van der Waals surface area contributed by atoms with E-state index in [9.17, 15) is 14.0 Å². The number of aryl methyl sites for hydroxylation is 2. The molecule has 2 amide bonds. The van der Waals surface area contributed by atoms with Gasteiger partial charge in [-0.2, -0.15) is 5.10 Å². The van der Waals surface area contributed by atoms with Gasteiger partial charge in [-0.25, -0.2) is 9.18 Å². The van der Waals surface area contributed by atoms with Crippen LogP contribution in [0, 0.1) is 5.82 Å². The standard InChI is InChI=1S/C25H22BrFN4O2/c1-31-23(20(26)15-28-31)22-17(8-7-16-5-3-2-4-6-16)9-14-21(24(22)32)30-25(33)29-19-12-10-18(27)11-13-19/h2-6,9-15,22H,7-8H2,1H3,(H2,29,30,33). The van der Waals surface area contributed by atoms with Gasteiger partial charge in [-0.3, -0.25) is 9.48 Å². The maximum atomic E-state index is 13.5. The topological polar surface area (TPSA) is 76.0 Å². The number of halogens is 2. The van der Waals surface area contributed by atoms with E-state index in [-0.39, 0.29) is 11.5 Å². The van der Waals surface area contributed by atoms with Crippen LogP contribution in [-0.4, -0.2) is 21.6 Å². The molecule has 1 unspecified atom stereocenters. The van der Waals surface area contributed by atoms with E-state index in [1.807, 2.05) is 24.3 Å². The van der Waals surface area contributed by atoms with E-state index in [2.05, 4.69) is 43.8 Å². The molecule has 0 saturated heterocycles. The molecule has 1 atom stereocenters. The van der Waals surface area contributed by atoms with Crippen molar-refractivity contribution in [2.24, 2.45) is 7.05 Å². The number of rotatable bonds is 6. The SMILES string of the molecule is Cn1ncc(Br)c1C1C(=O)C(NC(=O)Nc2ccc(F)cc2)=CC=C1CCc1ccccc1. The van der Waals surface area contributed by atoms with Gasteiger partial charge in [0.15, 0.2) is 5.78 Å². The van der Waals surface area contributed by atoms with Gasteiger partial charge in [-0.05, 0) is 64.7 Å². The molecule has 168 valence electrons. The number of nitrogens with zero attached hydrogens (tertiary/aromatic N) is 2. The summed E-state index contributed by atoms with van der Waals surface area (Å²) in [5, 5.41) is 9.51. The number of Topliss-reactive ketones (excluding diaryl/α,β-unsaturated/α-hetero) is 1. The van der Waals surface area contributed by atoms with Gasteiger partial charge >= 0.3 is 6.03 Å². The van der Waals surface area contributed by atoms with Crippen LogP contribution in [0.5, 0.6) is 0 Å². The minimum absolute atomic E-state index is 0.177. The number of amides is 2. The summed E-state index contributed by atoms with van der Waals surface area (Å²) in [7, 11) is 1.79. The van der Waals surface area contributed by atoms with E-state index < -0.39 is 17.8 Å². The molecule has 2 aromatic carbocycles. The molecule has 2 N–H and O–H groups in total. The van der Waals surface area contributed by atoms with Gasteiger partial charge in [0.05, 0.1) is 28.0 Å². The number of hydrogen-bond acceptors (Lipinski definition) is 3. The van der Waals surface area contributed by atoms with Crippen molar-refractivity contribution in [2.45, 2.75) is 18.8 Å². The zero-order valence-corrected chi connectivity index (χ0v) is 19.5. The Kier molecular flexibility index (Phi) is 6.84. The third-order valence-electron chi connectivity index (χ3n) is 5.47. The maximum Gasteiger partial charge on any atom is 0.323 e. The highest BCUT2D eigenvalue weighted by Gasteiger charge is 2.34. The van der Waals surface area contributed by atoms with Crippen LogP contribution in [0.1, 0.15) is 23.6 Å². The van der Waals surface area contributed by atoms with Gasteiger partial charge in [0, 0.05) is 12.7 Å². The van der Waals surface area contributed by atoms with Crippen molar-refractivity contribution in [2.75, 3.05) is 5.32 Å². The third kappa shape index (κ3) is 5.28. The number of urea groups is 1. The monoisotopic (exact) mass is 508 g/mol. The Morgan fingerprint density at radius 1 is 1.06 bits per heavy atom. The minimum atomic E-state index is -0.582. The van der Waals surface area contributed by atoms with E-state index >= 15 is 0 Å². The van der Waals surface area contributed by atoms with Crippen LogP contribution in [-0.2, 0) is 18.3 Å². The van der Waals surface area contributed by atoms with Gasteiger partial charge in [0.25, 0.3) is 0 Å². The molecule has 1 aliphatic carbocycles. The smallest absolute Gasteiger partial charge is 0.308 e. The van der Waals surface area contributed by atoms with Gasteiger partial charge in [-0.1, -0.05) is 42.0 Å². The van der Waals surface area contributed by atoms with Crippen molar-refractivity contribution >= 4 is 33.4 Å². The van der Waals surface area contributed by atoms with E-state index in [1.54, 1.807) is 24.0 Å². The molecule has 1 aliphatic rings. The third-order valence-corrected chi connectivity index (χ3v) is 6.08. The summed E-state index contributed by atoms with van der Waals surface area (Å²) in [5.74, 6) is -1.20. The quantitative estimate of drug-likeness (QED) is 0.477. The summed E-state index contributed by atoms with van der Waals surface area (Å²) in [6.07, 6.45) is 6.65. The van der Waals surface area contributed by atoms with E-state index in [4.69, 9.17) is 0 Å². The summed E-state index contributed by atoms with van der Waals surface area (Å²) in [5.41, 5.74) is 3.45. The highest BCUT2D eigenvalue weighted by atomic mass is 79.9. The molecule has 0 aliphatic heterocycles. The van der Waals surface area contributed by atoms with Crippen LogP contribution < -0.4 is 10.6 Å². The second-order valence-electron chi connectivity index (χ2n) is 7.69. The van der Waals surface area contributed by atoms with Crippen molar-refractivity contribution < 1.29 is 14.0 Å². The largest absolute Gasteiger partial charge is 0.323 e. The molecular formula is C25H22BrFN4O2. The lowest BCUT2D eigenvalue weighted by molar-refractivity contribution is -0.116. The first-order chi connectivity index (χ1) is 15.9. The summed E-state index contributed by atoms with van der Waals surface area (Å²) >= 11 is 3.51. The fraction of sp³-hybridized carbons (Fsp3) is 0.160. The molecular weight excluding hydrogens is 487 g/mol. The number of ketones is 1. The fourth-order valence-corrected chi connectivity index (χ4v) is 4.40. The van der Waals surface area contributed by atoms with Crippen molar-refractivity contribution in [1.29, 1.82) is 0 Å². The molecule has 4 rings (SSSR count). The lowest BCUT2D eigenvalue weighted by atomic mass is 9.83. The van der Waals surface area contributed by atoms with E-state index in [0.29, 0.717) is 12.1 Å². The van der Waals surface area contributed by atoms with E-state index in [0.717, 1.165) is 22.2 Å². The Balaban J connectivity index is 1.57. The molecule has 6 nitrogen and oxygen atoms in total. The number of carbonyl (C=O) groups excluding carboxylic acids is 2. The number of nitrogens with one attached hydrogen (secondary N) is 2.